The fourth-order valence-corrected chi connectivity index (χ4v) is 1.23. The molecule has 0 spiro atoms. The Kier molecular flexibility index (Phi) is 3.83. The lowest BCUT2D eigenvalue weighted by atomic mass is 10.3. The minimum absolute atomic E-state index is 0. The Morgan fingerprint density at radius 1 is 1.23 bits per heavy atom. The third kappa shape index (κ3) is 3.00. The maximum Gasteiger partial charge on any atom is 0.294 e. The molecule has 1 aromatic carbocycles. The van der Waals surface area contributed by atoms with E-state index in [9.17, 15) is 8.42 Å². The Balaban J connectivity index is 0.00000144. The van der Waals surface area contributed by atoms with Crippen molar-refractivity contribution >= 4 is 10.1 Å². The fraction of sp³-hybridized carbons (Fsp3) is 0.143. The van der Waals surface area contributed by atoms with Crippen LogP contribution in [0.2, 0.25) is 0 Å². The summed E-state index contributed by atoms with van der Waals surface area (Å²) in [5, 5.41) is 0. The average Bonchev–Trinajstić information content (AvgIpc) is 2.03. The summed E-state index contributed by atoms with van der Waals surface area (Å²) in [7, 11) is -2.61. The Labute approximate surface area is 75.3 Å². The molecule has 0 heterocycles. The SMILES string of the molecule is COc1ccc(S(=O)(=O)O)cc1.F. The first-order valence-electron chi connectivity index (χ1n) is 3.15. The van der Waals surface area contributed by atoms with Gasteiger partial charge in [0.15, 0.2) is 0 Å². The molecule has 0 unspecified atom stereocenters. The summed E-state index contributed by atoms with van der Waals surface area (Å²) in [5.74, 6) is 0.544. The van der Waals surface area contributed by atoms with Gasteiger partial charge in [-0.3, -0.25) is 9.26 Å². The molecule has 0 aromatic heterocycles. The molecule has 0 saturated heterocycles. The van der Waals surface area contributed by atoms with E-state index in [2.05, 4.69) is 0 Å². The topological polar surface area (TPSA) is 63.6 Å². The second-order valence-electron chi connectivity index (χ2n) is 2.15. The van der Waals surface area contributed by atoms with Crippen LogP contribution in [0.4, 0.5) is 4.70 Å². The van der Waals surface area contributed by atoms with Gasteiger partial charge in [-0.25, -0.2) is 0 Å². The fourth-order valence-electron chi connectivity index (χ4n) is 0.748. The van der Waals surface area contributed by atoms with Crippen LogP contribution in [0, 0.1) is 0 Å². The Morgan fingerprint density at radius 3 is 2.00 bits per heavy atom. The number of hydrogen-bond donors (Lipinski definition) is 1. The average molecular weight is 208 g/mol. The first kappa shape index (κ1) is 11.9. The van der Waals surface area contributed by atoms with Gasteiger partial charge in [0.1, 0.15) is 5.75 Å². The van der Waals surface area contributed by atoms with Crippen molar-refractivity contribution in [3.63, 3.8) is 0 Å². The van der Waals surface area contributed by atoms with Crippen LogP contribution in [0.3, 0.4) is 0 Å². The summed E-state index contributed by atoms with van der Waals surface area (Å²) in [6, 6.07) is 5.47. The van der Waals surface area contributed by atoms with Crippen LogP contribution in [0.25, 0.3) is 0 Å². The van der Waals surface area contributed by atoms with Gasteiger partial charge >= 0.3 is 0 Å². The molecule has 13 heavy (non-hydrogen) atoms. The van der Waals surface area contributed by atoms with Gasteiger partial charge in [0.25, 0.3) is 10.1 Å². The highest BCUT2D eigenvalue weighted by atomic mass is 32.2. The molecule has 1 rings (SSSR count). The molecule has 0 fully saturated rings. The van der Waals surface area contributed by atoms with Crippen molar-refractivity contribution in [1.82, 2.24) is 0 Å². The van der Waals surface area contributed by atoms with Crippen molar-refractivity contribution in [2.45, 2.75) is 4.90 Å². The molecule has 0 aliphatic heterocycles. The van der Waals surface area contributed by atoms with Gasteiger partial charge in [-0.1, -0.05) is 0 Å². The molecule has 0 saturated carbocycles. The molecule has 6 heteroatoms. The van der Waals surface area contributed by atoms with Crippen molar-refractivity contribution in [2.24, 2.45) is 0 Å². The minimum atomic E-state index is -4.08. The normalized spacial score (nSPS) is 10.3. The first-order valence-corrected chi connectivity index (χ1v) is 4.59. The molecule has 0 aliphatic carbocycles. The van der Waals surface area contributed by atoms with E-state index in [1.165, 1.54) is 31.4 Å². The zero-order chi connectivity index (χ0) is 9.19. The molecule has 4 nitrogen and oxygen atoms in total. The van der Waals surface area contributed by atoms with Gasteiger partial charge in [-0.15, -0.1) is 0 Å². The highest BCUT2D eigenvalue weighted by molar-refractivity contribution is 7.85. The van der Waals surface area contributed by atoms with Crippen molar-refractivity contribution in [1.29, 1.82) is 0 Å². The van der Waals surface area contributed by atoms with Crippen LogP contribution in [0.1, 0.15) is 0 Å². The van der Waals surface area contributed by atoms with Gasteiger partial charge in [-0.05, 0) is 24.3 Å². The number of methoxy groups -OCH3 is 1. The molecule has 0 bridgehead atoms. The smallest absolute Gasteiger partial charge is 0.294 e. The molecule has 0 atom stereocenters. The van der Waals surface area contributed by atoms with E-state index in [-0.39, 0.29) is 9.60 Å². The highest BCUT2D eigenvalue weighted by Gasteiger charge is 2.07. The zero-order valence-corrected chi connectivity index (χ0v) is 7.61. The highest BCUT2D eigenvalue weighted by Crippen LogP contribution is 2.14. The van der Waals surface area contributed by atoms with Crippen molar-refractivity contribution in [3.8, 4) is 5.75 Å². The molecular formula is C7H9FO4S. The molecule has 1 N–H and O–H groups in total. The van der Waals surface area contributed by atoms with Gasteiger partial charge in [-0.2, -0.15) is 8.42 Å². The largest absolute Gasteiger partial charge is 0.497 e. The standard InChI is InChI=1S/C7H8O4S.FH/c1-11-6-2-4-7(5-3-6)12(8,9)10;/h2-5H,1H3,(H,8,9,10);1H. The number of halogens is 1. The van der Waals surface area contributed by atoms with Crippen LogP contribution < -0.4 is 4.74 Å². The maximum atomic E-state index is 10.5. The molecule has 0 aliphatic rings. The minimum Gasteiger partial charge on any atom is -0.497 e. The number of benzene rings is 1. The van der Waals surface area contributed by atoms with E-state index in [0.29, 0.717) is 5.75 Å². The zero-order valence-electron chi connectivity index (χ0n) is 6.80. The van der Waals surface area contributed by atoms with Crippen LogP contribution >= 0.6 is 0 Å². The summed E-state index contributed by atoms with van der Waals surface area (Å²) < 4.78 is 34.5. The third-order valence-corrected chi connectivity index (χ3v) is 2.23. The van der Waals surface area contributed by atoms with E-state index in [1.54, 1.807) is 0 Å². The molecular weight excluding hydrogens is 199 g/mol. The lowest BCUT2D eigenvalue weighted by Gasteiger charge is -1.99. The number of rotatable bonds is 2. The van der Waals surface area contributed by atoms with E-state index in [1.807, 2.05) is 0 Å². The van der Waals surface area contributed by atoms with Crippen molar-refractivity contribution < 1.29 is 22.4 Å². The number of hydrogen-bond acceptors (Lipinski definition) is 3. The summed E-state index contributed by atoms with van der Waals surface area (Å²) in [5.41, 5.74) is 0. The van der Waals surface area contributed by atoms with Gasteiger partial charge in [0, 0.05) is 0 Å². The summed E-state index contributed by atoms with van der Waals surface area (Å²) in [6.07, 6.45) is 0. The van der Waals surface area contributed by atoms with E-state index in [4.69, 9.17) is 9.29 Å². The third-order valence-electron chi connectivity index (χ3n) is 1.36. The van der Waals surface area contributed by atoms with Crippen LogP contribution in [0.15, 0.2) is 29.2 Å². The number of ether oxygens (including phenoxy) is 1. The Hall–Kier alpha value is -1.14. The van der Waals surface area contributed by atoms with Crippen LogP contribution in [-0.4, -0.2) is 20.1 Å². The Bertz CT molecular complexity index is 357. The summed E-state index contributed by atoms with van der Waals surface area (Å²) in [4.78, 5) is -0.136. The molecule has 74 valence electrons. The second-order valence-corrected chi connectivity index (χ2v) is 3.57. The molecule has 0 amide bonds. The van der Waals surface area contributed by atoms with E-state index in [0.717, 1.165) is 0 Å². The van der Waals surface area contributed by atoms with Gasteiger partial charge in [0.05, 0.1) is 12.0 Å². The molecule has 0 radical (unpaired) electrons. The van der Waals surface area contributed by atoms with Crippen LogP contribution in [-0.2, 0) is 10.1 Å². The summed E-state index contributed by atoms with van der Waals surface area (Å²) in [6.45, 7) is 0. The van der Waals surface area contributed by atoms with Crippen molar-refractivity contribution in [2.75, 3.05) is 7.11 Å². The van der Waals surface area contributed by atoms with Gasteiger partial charge in [0.2, 0.25) is 0 Å². The molecule has 1 aromatic rings. The van der Waals surface area contributed by atoms with Gasteiger partial charge < -0.3 is 4.74 Å². The summed E-state index contributed by atoms with van der Waals surface area (Å²) >= 11 is 0. The second kappa shape index (κ2) is 4.20. The van der Waals surface area contributed by atoms with Crippen molar-refractivity contribution in [3.05, 3.63) is 24.3 Å². The lowest BCUT2D eigenvalue weighted by Crippen LogP contribution is -1.97. The van der Waals surface area contributed by atoms with E-state index >= 15 is 0 Å². The monoisotopic (exact) mass is 208 g/mol. The Morgan fingerprint density at radius 2 is 1.69 bits per heavy atom. The quantitative estimate of drug-likeness (QED) is 0.739. The predicted molar refractivity (Wildman–Crippen MR) is 45.3 cm³/mol. The first-order chi connectivity index (χ1) is 5.54. The van der Waals surface area contributed by atoms with E-state index < -0.39 is 10.1 Å². The predicted octanol–water partition coefficient (Wildman–Crippen LogP) is 1.09. The maximum absolute atomic E-state index is 10.5. The lowest BCUT2D eigenvalue weighted by molar-refractivity contribution is 0.414. The van der Waals surface area contributed by atoms with Crippen LogP contribution in [0.5, 0.6) is 5.75 Å².